The number of benzene rings is 2. The number of carbonyl (C=O) groups is 1. The van der Waals surface area contributed by atoms with Gasteiger partial charge in [0.2, 0.25) is 5.78 Å². The van der Waals surface area contributed by atoms with Crippen LogP contribution in [0.5, 0.6) is 11.5 Å². The van der Waals surface area contributed by atoms with E-state index in [4.69, 9.17) is 21.1 Å². The Kier molecular flexibility index (Phi) is 4.72. The summed E-state index contributed by atoms with van der Waals surface area (Å²) < 4.78 is 25.2. The number of ketones is 1. The third-order valence-electron chi connectivity index (χ3n) is 4.25. The highest BCUT2D eigenvalue weighted by molar-refractivity contribution is 7.11. The molecule has 0 N–H and O–H groups in total. The molecule has 0 bridgehead atoms. The van der Waals surface area contributed by atoms with Crippen LogP contribution in [-0.2, 0) is 6.61 Å². The Hall–Kier alpha value is -2.63. The van der Waals surface area contributed by atoms with Crippen molar-refractivity contribution in [2.75, 3.05) is 0 Å². The van der Waals surface area contributed by atoms with Crippen LogP contribution in [0.1, 0.15) is 26.4 Å². The van der Waals surface area contributed by atoms with Crippen molar-refractivity contribution in [3.8, 4) is 11.5 Å². The van der Waals surface area contributed by atoms with Gasteiger partial charge >= 0.3 is 0 Å². The van der Waals surface area contributed by atoms with Crippen LogP contribution >= 0.6 is 22.9 Å². The zero-order valence-corrected chi connectivity index (χ0v) is 15.9. The summed E-state index contributed by atoms with van der Waals surface area (Å²) in [6.07, 6.45) is 1.75. The molecule has 3 aromatic rings. The van der Waals surface area contributed by atoms with Crippen molar-refractivity contribution >= 4 is 34.8 Å². The summed E-state index contributed by atoms with van der Waals surface area (Å²) in [5, 5.41) is 2.27. The third kappa shape index (κ3) is 3.48. The van der Waals surface area contributed by atoms with Crippen LogP contribution in [0.25, 0.3) is 6.08 Å². The lowest BCUT2D eigenvalue weighted by molar-refractivity contribution is 0.101. The van der Waals surface area contributed by atoms with E-state index in [1.54, 1.807) is 47.7 Å². The van der Waals surface area contributed by atoms with Gasteiger partial charge in [-0.2, -0.15) is 0 Å². The Labute approximate surface area is 164 Å². The summed E-state index contributed by atoms with van der Waals surface area (Å²) in [6.45, 7) is 1.96. The number of aryl methyl sites for hydroxylation is 1. The molecular weight excluding hydrogens is 387 g/mol. The summed E-state index contributed by atoms with van der Waals surface area (Å²) in [4.78, 5) is 13.5. The van der Waals surface area contributed by atoms with Gasteiger partial charge < -0.3 is 9.47 Å². The maximum absolute atomic E-state index is 13.8. The Bertz CT molecular complexity index is 1050. The second-order valence-electron chi connectivity index (χ2n) is 6.05. The van der Waals surface area contributed by atoms with E-state index in [9.17, 15) is 9.18 Å². The minimum absolute atomic E-state index is 0.0185. The molecule has 0 spiro atoms. The van der Waals surface area contributed by atoms with Gasteiger partial charge in [0.15, 0.2) is 5.76 Å². The minimum Gasteiger partial charge on any atom is -0.489 e. The van der Waals surface area contributed by atoms with Crippen LogP contribution in [0.4, 0.5) is 4.39 Å². The topological polar surface area (TPSA) is 35.5 Å². The number of hydrogen-bond acceptors (Lipinski definition) is 4. The first-order valence-electron chi connectivity index (χ1n) is 8.21. The molecule has 2 heterocycles. The molecule has 0 saturated heterocycles. The lowest BCUT2D eigenvalue weighted by Crippen LogP contribution is -1.99. The van der Waals surface area contributed by atoms with Crippen molar-refractivity contribution in [3.05, 3.63) is 86.0 Å². The number of allylic oxidation sites excluding steroid dienone is 1. The largest absolute Gasteiger partial charge is 0.489 e. The first-order valence-corrected chi connectivity index (χ1v) is 9.47. The lowest BCUT2D eigenvalue weighted by Gasteiger charge is -2.09. The van der Waals surface area contributed by atoms with E-state index in [0.29, 0.717) is 22.1 Å². The van der Waals surface area contributed by atoms with Gasteiger partial charge in [0.25, 0.3) is 0 Å². The quantitative estimate of drug-likeness (QED) is 0.500. The smallest absolute Gasteiger partial charge is 0.232 e. The van der Waals surface area contributed by atoms with Crippen LogP contribution in [0.3, 0.4) is 0 Å². The van der Waals surface area contributed by atoms with Crippen LogP contribution < -0.4 is 9.47 Å². The molecule has 2 aromatic carbocycles. The van der Waals surface area contributed by atoms with Crippen LogP contribution in [-0.4, -0.2) is 5.78 Å². The maximum atomic E-state index is 13.8. The van der Waals surface area contributed by atoms with E-state index in [0.717, 1.165) is 10.4 Å². The molecule has 6 heteroatoms. The van der Waals surface area contributed by atoms with Gasteiger partial charge in [-0.3, -0.25) is 4.79 Å². The van der Waals surface area contributed by atoms with Crippen molar-refractivity contribution in [1.82, 2.24) is 0 Å². The highest BCUT2D eigenvalue weighted by Gasteiger charge is 2.28. The standard InChI is InChI=1S/C21H14ClFO3S/c1-12-7-8-27-20(12)10-19-21(24)14-6-5-13(9-18(14)26-19)25-11-15-16(22)3-2-4-17(15)23/h2-10H,11H2,1H3. The molecule has 1 aliphatic rings. The molecule has 1 aromatic heterocycles. The Morgan fingerprint density at radius 1 is 1.26 bits per heavy atom. The van der Waals surface area contributed by atoms with Gasteiger partial charge in [0, 0.05) is 22.6 Å². The number of ether oxygens (including phenoxy) is 2. The van der Waals surface area contributed by atoms with Gasteiger partial charge in [0.1, 0.15) is 23.9 Å². The van der Waals surface area contributed by atoms with E-state index in [2.05, 4.69) is 0 Å². The Morgan fingerprint density at radius 2 is 2.11 bits per heavy atom. The van der Waals surface area contributed by atoms with E-state index < -0.39 is 5.82 Å². The highest BCUT2D eigenvalue weighted by Crippen LogP contribution is 2.36. The fourth-order valence-corrected chi connectivity index (χ4v) is 3.80. The average molecular weight is 401 g/mol. The van der Waals surface area contributed by atoms with Crippen LogP contribution in [0.15, 0.2) is 53.6 Å². The molecule has 136 valence electrons. The van der Waals surface area contributed by atoms with Gasteiger partial charge in [-0.15, -0.1) is 11.3 Å². The molecule has 4 rings (SSSR count). The molecule has 27 heavy (non-hydrogen) atoms. The number of hydrogen-bond donors (Lipinski definition) is 0. The van der Waals surface area contributed by atoms with Crippen molar-refractivity contribution in [1.29, 1.82) is 0 Å². The number of Topliss-reactive ketones (excluding diaryl/α,β-unsaturated/α-hetero) is 1. The number of fused-ring (bicyclic) bond motifs is 1. The first kappa shape index (κ1) is 17.8. The lowest BCUT2D eigenvalue weighted by atomic mass is 10.1. The average Bonchev–Trinajstić information content (AvgIpc) is 3.18. The predicted octanol–water partition coefficient (Wildman–Crippen LogP) is 6.04. The third-order valence-corrected chi connectivity index (χ3v) is 5.57. The second-order valence-corrected chi connectivity index (χ2v) is 7.41. The minimum atomic E-state index is -0.424. The van der Waals surface area contributed by atoms with Crippen molar-refractivity contribution in [2.24, 2.45) is 0 Å². The van der Waals surface area contributed by atoms with Gasteiger partial charge in [0.05, 0.1) is 10.6 Å². The number of rotatable bonds is 4. The number of carbonyl (C=O) groups excluding carboxylic acids is 1. The molecule has 0 saturated carbocycles. The number of halogens is 2. The SMILES string of the molecule is Cc1ccsc1C=C1Oc2cc(OCc3c(F)cccc3Cl)ccc2C1=O. The summed E-state index contributed by atoms with van der Waals surface area (Å²) in [7, 11) is 0. The molecule has 0 radical (unpaired) electrons. The maximum Gasteiger partial charge on any atom is 0.232 e. The van der Waals surface area contributed by atoms with Crippen molar-refractivity contribution in [2.45, 2.75) is 13.5 Å². The zero-order valence-electron chi connectivity index (χ0n) is 14.3. The number of thiophene rings is 1. The molecule has 0 atom stereocenters. The van der Waals surface area contributed by atoms with Crippen LogP contribution in [0, 0.1) is 12.7 Å². The predicted molar refractivity (Wildman–Crippen MR) is 104 cm³/mol. The van der Waals surface area contributed by atoms with Gasteiger partial charge in [-0.25, -0.2) is 4.39 Å². The van der Waals surface area contributed by atoms with E-state index in [1.165, 1.54) is 6.07 Å². The normalized spacial score (nSPS) is 14.3. The second kappa shape index (κ2) is 7.18. The van der Waals surface area contributed by atoms with E-state index in [-0.39, 0.29) is 23.7 Å². The van der Waals surface area contributed by atoms with Gasteiger partial charge in [-0.05, 0) is 48.2 Å². The Balaban J connectivity index is 1.54. The summed E-state index contributed by atoms with van der Waals surface area (Å²) in [5.41, 5.74) is 1.85. The molecule has 0 unspecified atom stereocenters. The Morgan fingerprint density at radius 3 is 2.85 bits per heavy atom. The van der Waals surface area contributed by atoms with Crippen molar-refractivity contribution in [3.63, 3.8) is 0 Å². The summed E-state index contributed by atoms with van der Waals surface area (Å²) >= 11 is 7.56. The molecule has 0 fully saturated rings. The van der Waals surface area contributed by atoms with Crippen LogP contribution in [0.2, 0.25) is 5.02 Å². The molecule has 0 aliphatic carbocycles. The highest BCUT2D eigenvalue weighted by atomic mass is 35.5. The fraction of sp³-hybridized carbons (Fsp3) is 0.0952. The summed E-state index contributed by atoms with van der Waals surface area (Å²) in [5.74, 6) is 0.588. The van der Waals surface area contributed by atoms with Gasteiger partial charge in [-0.1, -0.05) is 17.7 Å². The monoisotopic (exact) mass is 400 g/mol. The fourth-order valence-electron chi connectivity index (χ4n) is 2.73. The molecule has 1 aliphatic heterocycles. The summed E-state index contributed by atoms with van der Waals surface area (Å²) in [6, 6.07) is 11.4. The molecule has 3 nitrogen and oxygen atoms in total. The van der Waals surface area contributed by atoms with E-state index in [1.807, 2.05) is 18.4 Å². The zero-order chi connectivity index (χ0) is 19.0. The molecular formula is C21H14ClFO3S. The molecule has 0 amide bonds. The van der Waals surface area contributed by atoms with Crippen molar-refractivity contribution < 1.29 is 18.7 Å². The van der Waals surface area contributed by atoms with E-state index >= 15 is 0 Å². The first-order chi connectivity index (χ1) is 13.0.